The van der Waals surface area contributed by atoms with Crippen molar-refractivity contribution >= 4 is 11.8 Å². The van der Waals surface area contributed by atoms with Gasteiger partial charge >= 0.3 is 0 Å². The minimum absolute atomic E-state index is 0.247. The summed E-state index contributed by atoms with van der Waals surface area (Å²) >= 11 is 1.85. The Labute approximate surface area is 90.5 Å². The molecule has 0 saturated carbocycles. The largest absolute Gasteiger partial charge is 0.508 e. The predicted molar refractivity (Wildman–Crippen MR) is 63.9 cm³/mol. The molecular formula is C12H18OS. The Kier molecular flexibility index (Phi) is 3.48. The molecule has 0 spiro atoms. The van der Waals surface area contributed by atoms with Crippen molar-refractivity contribution in [3.63, 3.8) is 0 Å². The second-order valence-corrected chi connectivity index (χ2v) is 6.34. The van der Waals surface area contributed by atoms with Crippen molar-refractivity contribution in [2.24, 2.45) is 0 Å². The molecule has 78 valence electrons. The molecule has 0 aliphatic carbocycles. The molecule has 14 heavy (non-hydrogen) atoms. The Hall–Kier alpha value is -0.630. The van der Waals surface area contributed by atoms with Crippen molar-refractivity contribution in [1.29, 1.82) is 0 Å². The minimum atomic E-state index is 0.247. The molecule has 0 aliphatic heterocycles. The first-order valence-corrected chi connectivity index (χ1v) is 5.79. The van der Waals surface area contributed by atoms with E-state index in [-0.39, 0.29) is 4.75 Å². The van der Waals surface area contributed by atoms with Gasteiger partial charge in [-0.1, -0.05) is 32.9 Å². The molecule has 0 aromatic heterocycles. The van der Waals surface area contributed by atoms with E-state index in [1.165, 1.54) is 0 Å². The highest BCUT2D eigenvalue weighted by Crippen LogP contribution is 2.30. The van der Waals surface area contributed by atoms with Gasteiger partial charge in [-0.25, -0.2) is 0 Å². The lowest BCUT2D eigenvalue weighted by atomic mass is 10.1. The van der Waals surface area contributed by atoms with Gasteiger partial charge in [0.15, 0.2) is 0 Å². The van der Waals surface area contributed by atoms with Gasteiger partial charge in [-0.15, -0.1) is 0 Å². The average molecular weight is 210 g/mol. The van der Waals surface area contributed by atoms with Gasteiger partial charge in [-0.2, -0.15) is 11.8 Å². The van der Waals surface area contributed by atoms with E-state index >= 15 is 0 Å². The van der Waals surface area contributed by atoms with Crippen LogP contribution in [-0.4, -0.2) is 9.85 Å². The predicted octanol–water partition coefficient (Wildman–Crippen LogP) is 3.73. The zero-order valence-electron chi connectivity index (χ0n) is 9.29. The number of hydrogen-bond donors (Lipinski definition) is 1. The zero-order valence-corrected chi connectivity index (χ0v) is 10.1. The summed E-state index contributed by atoms with van der Waals surface area (Å²) in [5.74, 6) is 1.29. The first kappa shape index (κ1) is 11.4. The Morgan fingerprint density at radius 2 is 1.93 bits per heavy atom. The quantitative estimate of drug-likeness (QED) is 0.802. The third-order valence-corrected chi connectivity index (χ3v) is 3.22. The fourth-order valence-corrected chi connectivity index (χ4v) is 1.92. The molecule has 0 heterocycles. The molecule has 0 amide bonds. The first-order chi connectivity index (χ1) is 6.38. The molecule has 1 aromatic carbocycles. The number of thioether (sulfide) groups is 1. The highest BCUT2D eigenvalue weighted by molar-refractivity contribution is 7.99. The van der Waals surface area contributed by atoms with Crippen LogP contribution in [0.2, 0.25) is 0 Å². The highest BCUT2D eigenvalue weighted by Gasteiger charge is 2.11. The van der Waals surface area contributed by atoms with Crippen molar-refractivity contribution in [2.75, 3.05) is 0 Å². The monoisotopic (exact) mass is 210 g/mol. The lowest BCUT2D eigenvalue weighted by Crippen LogP contribution is -2.07. The van der Waals surface area contributed by atoms with E-state index in [1.54, 1.807) is 0 Å². The molecule has 0 atom stereocenters. The van der Waals surface area contributed by atoms with Crippen LogP contribution in [0.4, 0.5) is 0 Å². The third-order valence-electron chi connectivity index (χ3n) is 1.90. The Morgan fingerprint density at radius 1 is 1.29 bits per heavy atom. The van der Waals surface area contributed by atoms with Crippen molar-refractivity contribution < 1.29 is 5.11 Å². The van der Waals surface area contributed by atoms with Crippen molar-refractivity contribution in [2.45, 2.75) is 38.2 Å². The van der Waals surface area contributed by atoms with Gasteiger partial charge in [-0.3, -0.25) is 0 Å². The summed E-state index contributed by atoms with van der Waals surface area (Å²) in [6, 6.07) is 5.86. The molecule has 1 aromatic rings. The molecule has 2 heteroatoms. The lowest BCUT2D eigenvalue weighted by Gasteiger charge is -2.17. The minimum Gasteiger partial charge on any atom is -0.508 e. The second kappa shape index (κ2) is 4.26. The summed E-state index contributed by atoms with van der Waals surface area (Å²) in [5, 5.41) is 9.67. The molecule has 1 rings (SSSR count). The van der Waals surface area contributed by atoms with E-state index < -0.39 is 0 Å². The van der Waals surface area contributed by atoms with Crippen LogP contribution < -0.4 is 0 Å². The van der Waals surface area contributed by atoms with E-state index in [4.69, 9.17) is 0 Å². The Balaban J connectivity index is 2.68. The third kappa shape index (κ3) is 3.62. The molecule has 0 fully saturated rings. The summed E-state index contributed by atoms with van der Waals surface area (Å²) in [6.45, 7) is 8.54. The van der Waals surface area contributed by atoms with Gasteiger partial charge in [0.05, 0.1) is 0 Å². The fourth-order valence-electron chi connectivity index (χ4n) is 1.09. The van der Waals surface area contributed by atoms with Gasteiger partial charge in [0.1, 0.15) is 5.75 Å². The van der Waals surface area contributed by atoms with E-state index in [0.29, 0.717) is 5.75 Å². The van der Waals surface area contributed by atoms with Crippen LogP contribution >= 0.6 is 11.8 Å². The van der Waals surface area contributed by atoms with Crippen molar-refractivity contribution in [3.05, 3.63) is 29.3 Å². The van der Waals surface area contributed by atoms with Crippen LogP contribution in [0.15, 0.2) is 18.2 Å². The van der Waals surface area contributed by atoms with Crippen LogP contribution in [-0.2, 0) is 5.75 Å². The van der Waals surface area contributed by atoms with Gasteiger partial charge in [0.2, 0.25) is 0 Å². The maximum Gasteiger partial charge on any atom is 0.119 e. The number of phenols is 1. The molecular weight excluding hydrogens is 192 g/mol. The van der Waals surface area contributed by atoms with Crippen molar-refractivity contribution in [3.8, 4) is 5.75 Å². The molecule has 0 radical (unpaired) electrons. The van der Waals surface area contributed by atoms with E-state index in [2.05, 4.69) is 20.8 Å². The molecule has 0 unspecified atom stereocenters. The summed E-state index contributed by atoms with van der Waals surface area (Å²) < 4.78 is 0.247. The van der Waals surface area contributed by atoms with Gasteiger partial charge in [-0.05, 0) is 18.6 Å². The topological polar surface area (TPSA) is 20.2 Å². The highest BCUT2D eigenvalue weighted by atomic mass is 32.2. The zero-order chi connectivity index (χ0) is 10.8. The summed E-state index contributed by atoms with van der Waals surface area (Å²) in [5.41, 5.74) is 2.13. The number of phenolic OH excluding ortho intramolecular Hbond substituents is 1. The number of rotatable bonds is 2. The lowest BCUT2D eigenvalue weighted by molar-refractivity contribution is 0.470. The van der Waals surface area contributed by atoms with Gasteiger partial charge < -0.3 is 5.11 Å². The van der Waals surface area contributed by atoms with Crippen LogP contribution in [0.25, 0.3) is 0 Å². The number of hydrogen-bond acceptors (Lipinski definition) is 2. The first-order valence-electron chi connectivity index (χ1n) is 4.81. The normalized spacial score (nSPS) is 11.7. The maximum absolute atomic E-state index is 9.67. The number of aryl methyl sites for hydroxylation is 1. The Bertz CT molecular complexity index is 313. The fraction of sp³-hybridized carbons (Fsp3) is 0.500. The summed E-state index contributed by atoms with van der Waals surface area (Å²) in [6.07, 6.45) is 0. The van der Waals surface area contributed by atoms with Crippen LogP contribution in [0, 0.1) is 6.92 Å². The maximum atomic E-state index is 9.67. The standard InChI is InChI=1S/C12H18OS/c1-9-5-6-10(11(13)7-9)8-14-12(2,3)4/h5-7,13H,8H2,1-4H3. The summed E-state index contributed by atoms with van der Waals surface area (Å²) in [4.78, 5) is 0. The number of benzene rings is 1. The van der Waals surface area contributed by atoms with Crippen LogP contribution in [0.1, 0.15) is 31.9 Å². The molecule has 0 aliphatic rings. The molecule has 1 N–H and O–H groups in total. The van der Waals surface area contributed by atoms with E-state index in [0.717, 1.165) is 16.9 Å². The van der Waals surface area contributed by atoms with Crippen LogP contribution in [0.3, 0.4) is 0 Å². The molecule has 1 nitrogen and oxygen atoms in total. The molecule has 0 saturated heterocycles. The number of aromatic hydroxyl groups is 1. The van der Waals surface area contributed by atoms with Crippen LogP contribution in [0.5, 0.6) is 5.75 Å². The molecule has 0 bridgehead atoms. The van der Waals surface area contributed by atoms with Gasteiger partial charge in [0.25, 0.3) is 0 Å². The smallest absolute Gasteiger partial charge is 0.119 e. The van der Waals surface area contributed by atoms with E-state index in [9.17, 15) is 5.11 Å². The summed E-state index contributed by atoms with van der Waals surface area (Å²) in [7, 11) is 0. The van der Waals surface area contributed by atoms with Crippen molar-refractivity contribution in [1.82, 2.24) is 0 Å². The van der Waals surface area contributed by atoms with Gasteiger partial charge in [0, 0.05) is 16.1 Å². The van der Waals surface area contributed by atoms with E-state index in [1.807, 2.05) is 36.9 Å². The SMILES string of the molecule is Cc1ccc(CSC(C)(C)C)c(O)c1. The second-order valence-electron chi connectivity index (χ2n) is 4.53. The Morgan fingerprint density at radius 3 is 2.43 bits per heavy atom. The average Bonchev–Trinajstić information content (AvgIpc) is 2.00.